The second-order valence-electron chi connectivity index (χ2n) is 14.0. The molecule has 0 fully saturated rings. The molecule has 0 radical (unpaired) electrons. The molecule has 46 heavy (non-hydrogen) atoms. The van der Waals surface area contributed by atoms with Gasteiger partial charge >= 0.3 is 0 Å². The number of carbonyl (C=O) groups is 3. The van der Waals surface area contributed by atoms with Gasteiger partial charge in [-0.25, -0.2) is 0 Å². The monoisotopic (exact) mass is 650 g/mol. The van der Waals surface area contributed by atoms with Crippen LogP contribution in [0.3, 0.4) is 0 Å². The van der Waals surface area contributed by atoms with Crippen molar-refractivity contribution < 1.29 is 14.4 Å². The average molecular weight is 650 g/mol. The molecule has 3 N–H and O–H groups in total. The van der Waals surface area contributed by atoms with Crippen molar-refractivity contribution in [2.75, 3.05) is 13.1 Å². The van der Waals surface area contributed by atoms with Crippen molar-refractivity contribution in [3.8, 4) is 0 Å². The van der Waals surface area contributed by atoms with Crippen LogP contribution in [-0.2, 0) is 14.4 Å². The first-order valence-electron chi connectivity index (χ1n) is 20.3. The second kappa shape index (κ2) is 36.2. The normalized spacial score (nSPS) is 11.8. The lowest BCUT2D eigenvalue weighted by Gasteiger charge is -2.14. The SMILES string of the molecule is CCCCCCCCCCCCCC(=O)NCCCCCC(=O)NCCCC[C@@H](C)NC(=O)CCCCCCCCCCCCC. The van der Waals surface area contributed by atoms with Gasteiger partial charge in [0.1, 0.15) is 0 Å². The topological polar surface area (TPSA) is 87.3 Å². The summed E-state index contributed by atoms with van der Waals surface area (Å²) in [5.41, 5.74) is 0. The van der Waals surface area contributed by atoms with Crippen molar-refractivity contribution in [2.45, 2.75) is 226 Å². The van der Waals surface area contributed by atoms with E-state index in [2.05, 4.69) is 36.7 Å². The number of hydrogen-bond donors (Lipinski definition) is 3. The first-order chi connectivity index (χ1) is 22.5. The van der Waals surface area contributed by atoms with E-state index in [4.69, 9.17) is 0 Å². The van der Waals surface area contributed by atoms with E-state index in [1.54, 1.807) is 0 Å². The van der Waals surface area contributed by atoms with E-state index in [1.165, 1.54) is 116 Å². The zero-order valence-corrected chi connectivity index (χ0v) is 31.1. The molecule has 6 nitrogen and oxygen atoms in total. The number of rotatable bonds is 36. The van der Waals surface area contributed by atoms with Crippen LogP contribution >= 0.6 is 0 Å². The highest BCUT2D eigenvalue weighted by Crippen LogP contribution is 2.13. The zero-order valence-electron chi connectivity index (χ0n) is 31.1. The summed E-state index contributed by atoms with van der Waals surface area (Å²) in [4.78, 5) is 36.4. The summed E-state index contributed by atoms with van der Waals surface area (Å²) in [6.45, 7) is 8.03. The number of hydrogen-bond acceptors (Lipinski definition) is 3. The van der Waals surface area contributed by atoms with E-state index in [9.17, 15) is 14.4 Å². The molecule has 0 spiro atoms. The first-order valence-corrected chi connectivity index (χ1v) is 20.3. The van der Waals surface area contributed by atoms with Crippen LogP contribution in [-0.4, -0.2) is 36.9 Å². The fraction of sp³-hybridized carbons (Fsp3) is 0.925. The Morgan fingerprint density at radius 1 is 0.391 bits per heavy atom. The predicted octanol–water partition coefficient (Wildman–Crippen LogP) is 10.9. The van der Waals surface area contributed by atoms with Crippen LogP contribution in [0.2, 0.25) is 0 Å². The van der Waals surface area contributed by atoms with E-state index < -0.39 is 0 Å². The molecule has 1 atom stereocenters. The molecule has 0 bridgehead atoms. The minimum Gasteiger partial charge on any atom is -0.356 e. The summed E-state index contributed by atoms with van der Waals surface area (Å²) in [5, 5.41) is 9.21. The van der Waals surface area contributed by atoms with Gasteiger partial charge in [0.25, 0.3) is 0 Å². The maximum atomic E-state index is 12.2. The van der Waals surface area contributed by atoms with E-state index >= 15 is 0 Å². The molecule has 0 heterocycles. The van der Waals surface area contributed by atoms with Crippen LogP contribution < -0.4 is 16.0 Å². The van der Waals surface area contributed by atoms with E-state index in [0.717, 1.165) is 64.2 Å². The van der Waals surface area contributed by atoms with Crippen molar-refractivity contribution in [3.63, 3.8) is 0 Å². The highest BCUT2D eigenvalue weighted by Gasteiger charge is 2.08. The zero-order chi connectivity index (χ0) is 33.8. The molecule has 0 aromatic rings. The first kappa shape index (κ1) is 44.4. The van der Waals surface area contributed by atoms with Crippen LogP contribution in [0.4, 0.5) is 0 Å². The summed E-state index contributed by atoms with van der Waals surface area (Å²) in [5.74, 6) is 0.474. The largest absolute Gasteiger partial charge is 0.356 e. The van der Waals surface area contributed by atoms with Gasteiger partial charge in [0.2, 0.25) is 17.7 Å². The molecule has 0 unspecified atom stereocenters. The Bertz CT molecular complexity index is 685. The number of amides is 3. The molecule has 272 valence electrons. The molecule has 0 aliphatic carbocycles. The van der Waals surface area contributed by atoms with Crippen molar-refractivity contribution in [2.24, 2.45) is 0 Å². The van der Waals surface area contributed by atoms with Gasteiger partial charge in [-0.3, -0.25) is 14.4 Å². The van der Waals surface area contributed by atoms with Crippen molar-refractivity contribution in [3.05, 3.63) is 0 Å². The van der Waals surface area contributed by atoms with Gasteiger partial charge in [-0.05, 0) is 51.9 Å². The Morgan fingerprint density at radius 2 is 0.696 bits per heavy atom. The third kappa shape index (κ3) is 35.3. The van der Waals surface area contributed by atoms with Crippen LogP contribution in [0.5, 0.6) is 0 Å². The van der Waals surface area contributed by atoms with E-state index in [-0.39, 0.29) is 23.8 Å². The standard InChI is InChI=1S/C40H79N3O3/c1-4-6-8-10-12-14-16-18-20-22-25-32-38(44)41-35-29-24-27-33-39(45)42-36-30-28-31-37(3)43-40(46)34-26-23-21-19-17-15-13-11-9-7-5-2/h37H,4-36H2,1-3H3,(H,41,44)(H,42,45)(H,43,46)/t37-/m1/s1. The third-order valence-electron chi connectivity index (χ3n) is 9.21. The van der Waals surface area contributed by atoms with Crippen molar-refractivity contribution >= 4 is 17.7 Å². The fourth-order valence-electron chi connectivity index (χ4n) is 6.11. The van der Waals surface area contributed by atoms with Gasteiger partial charge in [-0.2, -0.15) is 0 Å². The maximum absolute atomic E-state index is 12.2. The third-order valence-corrected chi connectivity index (χ3v) is 9.21. The highest BCUT2D eigenvalue weighted by atomic mass is 16.2. The lowest BCUT2D eigenvalue weighted by Crippen LogP contribution is -2.32. The molecular formula is C40H79N3O3. The summed E-state index contributed by atoms with van der Waals surface area (Å²) in [7, 11) is 0. The number of unbranched alkanes of at least 4 members (excludes halogenated alkanes) is 23. The Kier molecular flexibility index (Phi) is 35.0. The van der Waals surface area contributed by atoms with Crippen LogP contribution in [0.15, 0.2) is 0 Å². The van der Waals surface area contributed by atoms with Crippen molar-refractivity contribution in [1.29, 1.82) is 0 Å². The predicted molar refractivity (Wildman–Crippen MR) is 198 cm³/mol. The molecule has 3 amide bonds. The van der Waals surface area contributed by atoms with Crippen LogP contribution in [0, 0.1) is 0 Å². The Balaban J connectivity index is 3.43. The fourth-order valence-corrected chi connectivity index (χ4v) is 6.11. The van der Waals surface area contributed by atoms with E-state index in [0.29, 0.717) is 32.4 Å². The van der Waals surface area contributed by atoms with Gasteiger partial charge < -0.3 is 16.0 Å². The summed E-state index contributed by atoms with van der Waals surface area (Å²) >= 11 is 0. The quantitative estimate of drug-likeness (QED) is 0.0590. The lowest BCUT2D eigenvalue weighted by atomic mass is 10.0. The Hall–Kier alpha value is -1.59. The van der Waals surface area contributed by atoms with Gasteiger partial charge in [0.05, 0.1) is 0 Å². The Labute approximate surface area is 286 Å². The minimum absolute atomic E-state index is 0.119. The summed E-state index contributed by atoms with van der Waals surface area (Å²) in [6.07, 6.45) is 36.1. The van der Waals surface area contributed by atoms with Gasteiger partial charge in [-0.1, -0.05) is 149 Å². The minimum atomic E-state index is 0.119. The second-order valence-corrected chi connectivity index (χ2v) is 14.0. The van der Waals surface area contributed by atoms with Crippen molar-refractivity contribution in [1.82, 2.24) is 16.0 Å². The van der Waals surface area contributed by atoms with Crippen LogP contribution in [0.1, 0.15) is 220 Å². The molecule has 6 heteroatoms. The highest BCUT2D eigenvalue weighted by molar-refractivity contribution is 5.76. The average Bonchev–Trinajstić information content (AvgIpc) is 3.03. The molecule has 0 aliphatic heterocycles. The lowest BCUT2D eigenvalue weighted by molar-refractivity contribution is -0.122. The molecule has 0 aromatic heterocycles. The summed E-state index contributed by atoms with van der Waals surface area (Å²) < 4.78 is 0. The summed E-state index contributed by atoms with van der Waals surface area (Å²) in [6, 6.07) is 0.191. The molecule has 0 aliphatic rings. The number of carbonyl (C=O) groups excluding carboxylic acids is 3. The molecule has 0 saturated heterocycles. The van der Waals surface area contributed by atoms with Gasteiger partial charge in [0.15, 0.2) is 0 Å². The van der Waals surface area contributed by atoms with E-state index in [1.807, 2.05) is 0 Å². The number of nitrogens with one attached hydrogen (secondary N) is 3. The molecule has 0 rings (SSSR count). The smallest absolute Gasteiger partial charge is 0.220 e. The maximum Gasteiger partial charge on any atom is 0.220 e. The molecule has 0 saturated carbocycles. The van der Waals surface area contributed by atoms with Crippen LogP contribution in [0.25, 0.3) is 0 Å². The Morgan fingerprint density at radius 3 is 1.09 bits per heavy atom. The molecule has 0 aromatic carbocycles. The van der Waals surface area contributed by atoms with Gasteiger partial charge in [-0.15, -0.1) is 0 Å². The van der Waals surface area contributed by atoms with Gasteiger partial charge in [0, 0.05) is 38.4 Å². The molecular weight excluding hydrogens is 570 g/mol.